The number of nitrogens with zero attached hydrogens (tertiary/aromatic N) is 4. The highest BCUT2D eigenvalue weighted by molar-refractivity contribution is 6.04. The average Bonchev–Trinajstić information content (AvgIpc) is 3.29. The molecule has 1 unspecified atom stereocenters. The largest absolute Gasteiger partial charge is 0.465 e. The maximum Gasteiger partial charge on any atom is 0.253 e. The molecule has 3 aromatic heterocycles. The highest BCUT2D eigenvalue weighted by atomic mass is 16.5. The lowest BCUT2D eigenvalue weighted by atomic mass is 10.1. The van der Waals surface area contributed by atoms with Crippen LogP contribution in [0.5, 0.6) is 0 Å². The molecule has 1 atom stereocenters. The first kappa shape index (κ1) is 21.2. The number of pyridine rings is 1. The second-order valence-electron chi connectivity index (χ2n) is 8.80. The Hall–Kier alpha value is -2.71. The Balaban J connectivity index is 1.41. The lowest BCUT2D eigenvalue weighted by Crippen LogP contribution is -2.43. The zero-order valence-electron chi connectivity index (χ0n) is 18.9. The number of aromatic nitrogens is 3. The predicted octanol–water partition coefficient (Wildman–Crippen LogP) is 3.17. The van der Waals surface area contributed by atoms with E-state index in [2.05, 4.69) is 14.8 Å². The first-order valence-corrected chi connectivity index (χ1v) is 11.6. The molecule has 8 nitrogen and oxygen atoms in total. The van der Waals surface area contributed by atoms with Gasteiger partial charge in [0.2, 0.25) is 0 Å². The van der Waals surface area contributed by atoms with Crippen LogP contribution in [0.2, 0.25) is 0 Å². The van der Waals surface area contributed by atoms with Crippen molar-refractivity contribution in [2.75, 3.05) is 32.8 Å². The summed E-state index contributed by atoms with van der Waals surface area (Å²) < 4.78 is 13.7. The molecule has 0 bridgehead atoms. The summed E-state index contributed by atoms with van der Waals surface area (Å²) in [5.74, 6) is 2.67. The van der Waals surface area contributed by atoms with Gasteiger partial charge in [-0.05, 0) is 44.9 Å². The Labute approximate surface area is 188 Å². The maximum atomic E-state index is 13.4. The molecule has 5 heterocycles. The second kappa shape index (κ2) is 9.03. The van der Waals surface area contributed by atoms with Gasteiger partial charge < -0.3 is 19.0 Å². The van der Waals surface area contributed by atoms with Gasteiger partial charge in [-0.25, -0.2) is 9.97 Å². The maximum absolute atomic E-state index is 13.4. The molecule has 1 fully saturated rings. The van der Waals surface area contributed by atoms with E-state index in [-0.39, 0.29) is 11.9 Å². The summed E-state index contributed by atoms with van der Waals surface area (Å²) in [6.45, 7) is 8.26. The zero-order chi connectivity index (χ0) is 22.1. The molecule has 170 valence electrons. The smallest absolute Gasteiger partial charge is 0.253 e. The summed E-state index contributed by atoms with van der Waals surface area (Å²) in [5.41, 5.74) is 2.98. The first-order chi connectivity index (χ1) is 15.6. The van der Waals surface area contributed by atoms with Crippen LogP contribution in [0.15, 0.2) is 22.6 Å². The minimum Gasteiger partial charge on any atom is -0.465 e. The fraction of sp³-hybridized carbons (Fsp3) is 0.542. The number of nitrogens with one attached hydrogen (secondary N) is 1. The number of fused-ring (bicyclic) bond motifs is 3. The van der Waals surface area contributed by atoms with Crippen LogP contribution in [-0.2, 0) is 17.7 Å². The minimum atomic E-state index is -0.115. The lowest BCUT2D eigenvalue weighted by Gasteiger charge is -2.33. The van der Waals surface area contributed by atoms with Crippen molar-refractivity contribution in [3.05, 3.63) is 46.8 Å². The van der Waals surface area contributed by atoms with Crippen LogP contribution < -0.4 is 5.32 Å². The Kier molecular flexibility index (Phi) is 5.97. The summed E-state index contributed by atoms with van der Waals surface area (Å²) in [6.07, 6.45) is 4.40. The van der Waals surface area contributed by atoms with Gasteiger partial charge in [0.05, 0.1) is 24.8 Å². The summed E-state index contributed by atoms with van der Waals surface area (Å²) in [5, 5.41) is 3.16. The number of hydrogen-bond donors (Lipinski definition) is 1. The molecule has 2 aliphatic rings. The predicted molar refractivity (Wildman–Crippen MR) is 121 cm³/mol. The van der Waals surface area contributed by atoms with Gasteiger partial charge in [-0.1, -0.05) is 6.42 Å². The topological polar surface area (TPSA) is 85.4 Å². The molecule has 2 aliphatic heterocycles. The average molecular weight is 438 g/mol. The highest BCUT2D eigenvalue weighted by Gasteiger charge is 2.27. The zero-order valence-corrected chi connectivity index (χ0v) is 18.9. The molecule has 5 rings (SSSR count). The van der Waals surface area contributed by atoms with Gasteiger partial charge in [0, 0.05) is 38.3 Å². The van der Waals surface area contributed by atoms with Crippen molar-refractivity contribution in [3.8, 4) is 0 Å². The van der Waals surface area contributed by atoms with Crippen LogP contribution in [0, 0.1) is 13.8 Å². The fourth-order valence-corrected chi connectivity index (χ4v) is 4.80. The fourth-order valence-electron chi connectivity index (χ4n) is 4.80. The van der Waals surface area contributed by atoms with E-state index in [4.69, 9.17) is 19.1 Å². The third kappa shape index (κ3) is 4.17. The molecule has 1 amide bonds. The Morgan fingerprint density at radius 1 is 1.12 bits per heavy atom. The van der Waals surface area contributed by atoms with E-state index in [1.54, 1.807) is 0 Å². The van der Waals surface area contributed by atoms with Crippen LogP contribution in [0.1, 0.15) is 58.7 Å². The molecule has 32 heavy (non-hydrogen) atoms. The number of carbonyl (C=O) groups is 1. The van der Waals surface area contributed by atoms with E-state index >= 15 is 0 Å². The minimum absolute atomic E-state index is 0.0336. The van der Waals surface area contributed by atoms with Crippen molar-refractivity contribution in [1.82, 2.24) is 24.8 Å². The number of morpholine rings is 1. The number of amides is 1. The number of furan rings is 1. The number of imidazole rings is 1. The number of aryl methyl sites for hydroxylation is 4. The van der Waals surface area contributed by atoms with Crippen LogP contribution in [0.3, 0.4) is 0 Å². The Bertz CT molecular complexity index is 1110. The van der Waals surface area contributed by atoms with Crippen molar-refractivity contribution in [2.24, 2.45) is 0 Å². The SMILES string of the molecule is Cc1cc(C(=O)NCC(c2ccc(C)o2)N2CCOCC2)c2nc3n(c2n1)CCCCC3. The third-order valence-electron chi connectivity index (χ3n) is 6.47. The number of rotatable bonds is 5. The third-order valence-corrected chi connectivity index (χ3v) is 6.47. The Morgan fingerprint density at radius 2 is 1.97 bits per heavy atom. The second-order valence-corrected chi connectivity index (χ2v) is 8.80. The van der Waals surface area contributed by atoms with Gasteiger partial charge in [0.25, 0.3) is 5.91 Å². The molecule has 8 heteroatoms. The summed E-state index contributed by atoms with van der Waals surface area (Å²) in [6, 6.07) is 5.79. The molecule has 1 N–H and O–H groups in total. The van der Waals surface area contributed by atoms with Crippen LogP contribution in [0.4, 0.5) is 0 Å². The van der Waals surface area contributed by atoms with Crippen molar-refractivity contribution in [2.45, 2.75) is 52.1 Å². The van der Waals surface area contributed by atoms with Gasteiger partial charge in [0.15, 0.2) is 5.65 Å². The lowest BCUT2D eigenvalue weighted by molar-refractivity contribution is 0.0117. The van der Waals surface area contributed by atoms with Crippen LogP contribution >= 0.6 is 0 Å². The molecular formula is C24H31N5O3. The number of carbonyl (C=O) groups excluding carboxylic acids is 1. The molecule has 3 aromatic rings. The molecule has 0 spiro atoms. The van der Waals surface area contributed by atoms with E-state index in [1.165, 1.54) is 6.42 Å². The summed E-state index contributed by atoms with van der Waals surface area (Å²) in [4.78, 5) is 25.3. The van der Waals surface area contributed by atoms with Crippen molar-refractivity contribution in [3.63, 3.8) is 0 Å². The summed E-state index contributed by atoms with van der Waals surface area (Å²) >= 11 is 0. The standard InChI is InChI=1S/C24H31N5O3/c1-16-14-18(22-23(26-16)29-9-5-3-4-6-21(29)27-22)24(30)25-15-19(20-8-7-17(2)32-20)28-10-12-31-13-11-28/h7-8,14,19H,3-6,9-13,15H2,1-2H3,(H,25,30). The van der Waals surface area contributed by atoms with E-state index in [0.717, 1.165) is 67.6 Å². The van der Waals surface area contributed by atoms with E-state index in [1.807, 2.05) is 32.0 Å². The van der Waals surface area contributed by atoms with E-state index in [9.17, 15) is 4.79 Å². The summed E-state index contributed by atoms with van der Waals surface area (Å²) in [7, 11) is 0. The Morgan fingerprint density at radius 3 is 2.75 bits per heavy atom. The van der Waals surface area contributed by atoms with Crippen molar-refractivity contribution in [1.29, 1.82) is 0 Å². The van der Waals surface area contributed by atoms with Gasteiger partial charge in [-0.3, -0.25) is 9.69 Å². The van der Waals surface area contributed by atoms with Gasteiger partial charge in [0.1, 0.15) is 22.9 Å². The molecule has 0 aliphatic carbocycles. The molecule has 1 saturated heterocycles. The molecular weight excluding hydrogens is 406 g/mol. The number of hydrogen-bond acceptors (Lipinski definition) is 6. The van der Waals surface area contributed by atoms with Crippen molar-refractivity contribution < 1.29 is 13.9 Å². The first-order valence-electron chi connectivity index (χ1n) is 11.6. The van der Waals surface area contributed by atoms with Crippen LogP contribution in [0.25, 0.3) is 11.2 Å². The van der Waals surface area contributed by atoms with Crippen LogP contribution in [-0.4, -0.2) is 58.2 Å². The normalized spacial score (nSPS) is 18.3. The number of ether oxygens (including phenoxy) is 1. The quantitative estimate of drug-likeness (QED) is 0.660. The van der Waals surface area contributed by atoms with E-state index in [0.29, 0.717) is 30.8 Å². The van der Waals surface area contributed by atoms with Gasteiger partial charge in [-0.2, -0.15) is 0 Å². The highest BCUT2D eigenvalue weighted by Crippen LogP contribution is 2.26. The van der Waals surface area contributed by atoms with Gasteiger partial charge >= 0.3 is 0 Å². The van der Waals surface area contributed by atoms with Crippen molar-refractivity contribution >= 4 is 17.1 Å². The van der Waals surface area contributed by atoms with E-state index < -0.39 is 0 Å². The van der Waals surface area contributed by atoms with Gasteiger partial charge in [-0.15, -0.1) is 0 Å². The monoisotopic (exact) mass is 437 g/mol. The molecule has 0 aromatic carbocycles. The molecule has 0 radical (unpaired) electrons. The molecule has 0 saturated carbocycles.